The second kappa shape index (κ2) is 6.21. The predicted molar refractivity (Wildman–Crippen MR) is 81.9 cm³/mol. The third-order valence-electron chi connectivity index (χ3n) is 3.13. The lowest BCUT2D eigenvalue weighted by molar-refractivity contribution is 0.0928. The Morgan fingerprint density at radius 2 is 1.96 bits per heavy atom. The zero-order valence-corrected chi connectivity index (χ0v) is 13.2. The van der Waals surface area contributed by atoms with Crippen LogP contribution in [0.15, 0.2) is 39.4 Å². The molecule has 1 aromatic carbocycles. The average molecular weight is 333 g/mol. The Hall–Kier alpha value is -2.67. The van der Waals surface area contributed by atoms with Crippen molar-refractivity contribution in [2.75, 3.05) is 0 Å². The second-order valence-corrected chi connectivity index (χ2v) is 5.42. The van der Waals surface area contributed by atoms with E-state index in [2.05, 4.69) is 20.6 Å². The van der Waals surface area contributed by atoms with Gasteiger partial charge in [0.05, 0.1) is 6.04 Å². The van der Waals surface area contributed by atoms with Gasteiger partial charge in [0.2, 0.25) is 0 Å². The first-order chi connectivity index (χ1) is 11.0. The SMILES string of the molecule is Cc1cc(C(=O)NC(C)c2noc(-c3ccc(Cl)cc3)n2)no1. The first-order valence-electron chi connectivity index (χ1n) is 6.86. The summed E-state index contributed by atoms with van der Waals surface area (Å²) in [5.41, 5.74) is 0.953. The molecular weight excluding hydrogens is 320 g/mol. The number of halogens is 1. The van der Waals surface area contributed by atoms with E-state index < -0.39 is 6.04 Å². The highest BCUT2D eigenvalue weighted by Crippen LogP contribution is 2.21. The lowest BCUT2D eigenvalue weighted by atomic mass is 10.2. The van der Waals surface area contributed by atoms with Gasteiger partial charge in [-0.3, -0.25) is 4.79 Å². The van der Waals surface area contributed by atoms with Crippen molar-refractivity contribution < 1.29 is 13.8 Å². The van der Waals surface area contributed by atoms with Gasteiger partial charge in [-0.2, -0.15) is 4.98 Å². The number of carbonyl (C=O) groups excluding carboxylic acids is 1. The molecule has 1 unspecified atom stereocenters. The Balaban J connectivity index is 1.72. The van der Waals surface area contributed by atoms with E-state index in [-0.39, 0.29) is 11.6 Å². The summed E-state index contributed by atoms with van der Waals surface area (Å²) in [7, 11) is 0. The lowest BCUT2D eigenvalue weighted by Gasteiger charge is -2.07. The molecule has 2 aromatic heterocycles. The molecule has 0 aliphatic carbocycles. The lowest BCUT2D eigenvalue weighted by Crippen LogP contribution is -2.27. The number of benzene rings is 1. The smallest absolute Gasteiger partial charge is 0.274 e. The van der Waals surface area contributed by atoms with Crippen LogP contribution in [0.4, 0.5) is 0 Å². The monoisotopic (exact) mass is 332 g/mol. The van der Waals surface area contributed by atoms with Crippen LogP contribution in [-0.2, 0) is 0 Å². The fraction of sp³-hybridized carbons (Fsp3) is 0.200. The third kappa shape index (κ3) is 3.40. The van der Waals surface area contributed by atoms with Crippen LogP contribution in [0.2, 0.25) is 5.02 Å². The molecule has 118 valence electrons. The van der Waals surface area contributed by atoms with Crippen LogP contribution in [0.25, 0.3) is 11.5 Å². The number of rotatable bonds is 4. The molecular formula is C15H13ClN4O3. The number of nitrogens with one attached hydrogen (secondary N) is 1. The molecule has 0 saturated heterocycles. The number of aryl methyl sites for hydroxylation is 1. The van der Waals surface area contributed by atoms with Gasteiger partial charge in [0, 0.05) is 16.7 Å². The van der Waals surface area contributed by atoms with Crippen molar-refractivity contribution in [3.8, 4) is 11.5 Å². The van der Waals surface area contributed by atoms with Crippen molar-refractivity contribution in [1.82, 2.24) is 20.6 Å². The largest absolute Gasteiger partial charge is 0.361 e. The van der Waals surface area contributed by atoms with Crippen molar-refractivity contribution in [3.05, 3.63) is 52.6 Å². The van der Waals surface area contributed by atoms with E-state index >= 15 is 0 Å². The number of aromatic nitrogens is 3. The molecule has 0 spiro atoms. The van der Waals surface area contributed by atoms with E-state index in [0.29, 0.717) is 22.5 Å². The maximum Gasteiger partial charge on any atom is 0.274 e. The molecule has 1 atom stereocenters. The van der Waals surface area contributed by atoms with Crippen molar-refractivity contribution in [2.45, 2.75) is 19.9 Å². The van der Waals surface area contributed by atoms with E-state index in [1.165, 1.54) is 0 Å². The van der Waals surface area contributed by atoms with Gasteiger partial charge in [-0.05, 0) is 38.1 Å². The molecule has 1 N–H and O–H groups in total. The van der Waals surface area contributed by atoms with E-state index in [9.17, 15) is 4.79 Å². The molecule has 0 saturated carbocycles. The van der Waals surface area contributed by atoms with E-state index in [0.717, 1.165) is 5.56 Å². The van der Waals surface area contributed by atoms with E-state index in [1.807, 2.05) is 0 Å². The molecule has 7 nitrogen and oxygen atoms in total. The zero-order valence-electron chi connectivity index (χ0n) is 12.4. The highest BCUT2D eigenvalue weighted by Gasteiger charge is 2.19. The Bertz CT molecular complexity index is 825. The molecule has 0 aliphatic heterocycles. The molecule has 1 amide bonds. The minimum absolute atomic E-state index is 0.204. The number of carbonyl (C=O) groups is 1. The van der Waals surface area contributed by atoms with Gasteiger partial charge in [0.25, 0.3) is 11.8 Å². The fourth-order valence-electron chi connectivity index (χ4n) is 1.93. The summed E-state index contributed by atoms with van der Waals surface area (Å²) in [5.74, 6) is 0.915. The minimum Gasteiger partial charge on any atom is -0.361 e. The number of hydrogen-bond acceptors (Lipinski definition) is 6. The molecule has 8 heteroatoms. The highest BCUT2D eigenvalue weighted by molar-refractivity contribution is 6.30. The summed E-state index contributed by atoms with van der Waals surface area (Å²) in [6, 6.07) is 8.14. The van der Waals surface area contributed by atoms with Gasteiger partial charge in [0.15, 0.2) is 11.5 Å². The molecule has 3 aromatic rings. The number of nitrogens with zero attached hydrogens (tertiary/aromatic N) is 3. The Kier molecular flexibility index (Phi) is 4.12. The molecule has 0 radical (unpaired) electrons. The van der Waals surface area contributed by atoms with Gasteiger partial charge in [-0.25, -0.2) is 0 Å². The Morgan fingerprint density at radius 1 is 1.22 bits per heavy atom. The van der Waals surface area contributed by atoms with Gasteiger partial charge in [-0.15, -0.1) is 0 Å². The van der Waals surface area contributed by atoms with Gasteiger partial charge in [0.1, 0.15) is 5.76 Å². The van der Waals surface area contributed by atoms with E-state index in [1.54, 1.807) is 44.2 Å². The normalized spacial score (nSPS) is 12.1. The number of hydrogen-bond donors (Lipinski definition) is 1. The van der Waals surface area contributed by atoms with Crippen molar-refractivity contribution in [1.29, 1.82) is 0 Å². The van der Waals surface area contributed by atoms with Crippen LogP contribution in [0.1, 0.15) is 35.0 Å². The quantitative estimate of drug-likeness (QED) is 0.788. The molecule has 23 heavy (non-hydrogen) atoms. The maximum atomic E-state index is 12.0. The second-order valence-electron chi connectivity index (χ2n) is 4.98. The maximum absolute atomic E-state index is 12.0. The van der Waals surface area contributed by atoms with Crippen LogP contribution >= 0.6 is 11.6 Å². The minimum atomic E-state index is -0.440. The summed E-state index contributed by atoms with van der Waals surface area (Å²) in [6.07, 6.45) is 0. The number of amides is 1. The zero-order chi connectivity index (χ0) is 16.4. The van der Waals surface area contributed by atoms with Gasteiger partial charge >= 0.3 is 0 Å². The molecule has 0 aliphatic rings. The molecule has 0 fully saturated rings. The molecule has 0 bridgehead atoms. The molecule has 3 rings (SSSR count). The molecule has 2 heterocycles. The average Bonchev–Trinajstić information content (AvgIpc) is 3.17. The predicted octanol–water partition coefficient (Wildman–Crippen LogP) is 3.18. The summed E-state index contributed by atoms with van der Waals surface area (Å²) >= 11 is 5.84. The van der Waals surface area contributed by atoms with E-state index in [4.69, 9.17) is 20.6 Å². The highest BCUT2D eigenvalue weighted by atomic mass is 35.5. The summed E-state index contributed by atoms with van der Waals surface area (Å²) in [6.45, 7) is 3.46. The van der Waals surface area contributed by atoms with Crippen molar-refractivity contribution in [3.63, 3.8) is 0 Å². The Labute approximate surface area is 136 Å². The van der Waals surface area contributed by atoms with Crippen molar-refractivity contribution in [2.24, 2.45) is 0 Å². The fourth-order valence-corrected chi connectivity index (χ4v) is 2.05. The van der Waals surface area contributed by atoms with Gasteiger partial charge < -0.3 is 14.4 Å². The van der Waals surface area contributed by atoms with Crippen LogP contribution in [-0.4, -0.2) is 21.2 Å². The Morgan fingerprint density at radius 3 is 2.61 bits per heavy atom. The standard InChI is InChI=1S/C15H13ClN4O3/c1-8-7-12(19-22-8)14(21)17-9(2)13-18-15(23-20-13)10-3-5-11(16)6-4-10/h3-7,9H,1-2H3,(H,17,21). The summed E-state index contributed by atoms with van der Waals surface area (Å²) in [5, 5.41) is 10.9. The van der Waals surface area contributed by atoms with Crippen LogP contribution in [0, 0.1) is 6.92 Å². The van der Waals surface area contributed by atoms with Gasteiger partial charge in [-0.1, -0.05) is 21.9 Å². The summed E-state index contributed by atoms with van der Waals surface area (Å²) in [4.78, 5) is 16.3. The van der Waals surface area contributed by atoms with Crippen LogP contribution in [0.5, 0.6) is 0 Å². The summed E-state index contributed by atoms with van der Waals surface area (Å²) < 4.78 is 10.1. The first-order valence-corrected chi connectivity index (χ1v) is 7.24. The topological polar surface area (TPSA) is 94.1 Å². The third-order valence-corrected chi connectivity index (χ3v) is 3.38. The van der Waals surface area contributed by atoms with Crippen LogP contribution < -0.4 is 5.32 Å². The van der Waals surface area contributed by atoms with Crippen LogP contribution in [0.3, 0.4) is 0 Å². The first kappa shape index (κ1) is 15.2. The van der Waals surface area contributed by atoms with Crippen molar-refractivity contribution >= 4 is 17.5 Å².